The monoisotopic (exact) mass is 259 g/mol. The Kier molecular flexibility index (Phi) is 3.08. The first kappa shape index (κ1) is 12.8. The average molecular weight is 259 g/mol. The van der Waals surface area contributed by atoms with Crippen molar-refractivity contribution in [2.75, 3.05) is 5.32 Å². The molecule has 0 aliphatic heterocycles. The number of aromatic nitrogens is 2. The molecular formula is C13H13N3O3. The molecule has 0 saturated heterocycles. The largest absolute Gasteiger partial charge is 0.333 e. The van der Waals surface area contributed by atoms with E-state index in [9.17, 15) is 14.4 Å². The predicted octanol–water partition coefficient (Wildman–Crippen LogP) is 1.50. The number of amides is 1. The van der Waals surface area contributed by atoms with Gasteiger partial charge in [-0.25, -0.2) is 9.36 Å². The summed E-state index contributed by atoms with van der Waals surface area (Å²) in [5.41, 5.74) is 1.18. The fraction of sp³-hybridized carbons (Fsp3) is 0.154. The van der Waals surface area contributed by atoms with Gasteiger partial charge in [0.25, 0.3) is 5.91 Å². The number of anilines is 1. The number of fused-ring (bicyclic) bond motifs is 1. The summed E-state index contributed by atoms with van der Waals surface area (Å²) >= 11 is 0. The summed E-state index contributed by atoms with van der Waals surface area (Å²) in [5.74, 6) is -0.703. The van der Waals surface area contributed by atoms with Crippen LogP contribution in [0.2, 0.25) is 0 Å². The van der Waals surface area contributed by atoms with Crippen LogP contribution in [0.3, 0.4) is 0 Å². The molecule has 0 atom stereocenters. The van der Waals surface area contributed by atoms with E-state index < -0.39 is 11.6 Å². The van der Waals surface area contributed by atoms with Crippen molar-refractivity contribution in [1.29, 1.82) is 0 Å². The van der Waals surface area contributed by atoms with Crippen LogP contribution < -0.4 is 11.0 Å². The van der Waals surface area contributed by atoms with Gasteiger partial charge in [-0.1, -0.05) is 6.58 Å². The van der Waals surface area contributed by atoms with E-state index in [4.69, 9.17) is 0 Å². The fourth-order valence-corrected chi connectivity index (χ4v) is 1.78. The van der Waals surface area contributed by atoms with E-state index in [-0.39, 0.29) is 11.5 Å². The highest BCUT2D eigenvalue weighted by atomic mass is 16.2. The van der Waals surface area contributed by atoms with Crippen LogP contribution in [0.1, 0.15) is 18.6 Å². The van der Waals surface area contributed by atoms with E-state index in [1.807, 2.05) is 0 Å². The average Bonchev–Trinajstić information content (AvgIpc) is 2.62. The highest BCUT2D eigenvalue weighted by molar-refractivity contribution is 6.01. The minimum atomic E-state index is -0.525. The van der Waals surface area contributed by atoms with Crippen LogP contribution in [0.25, 0.3) is 11.0 Å². The van der Waals surface area contributed by atoms with Crippen molar-refractivity contribution < 1.29 is 9.59 Å². The molecule has 1 amide bonds. The van der Waals surface area contributed by atoms with E-state index in [0.717, 1.165) is 4.57 Å². The predicted molar refractivity (Wildman–Crippen MR) is 72.3 cm³/mol. The number of rotatable bonds is 2. The Morgan fingerprint density at radius 1 is 1.32 bits per heavy atom. The topological polar surface area (TPSA) is 84.0 Å². The summed E-state index contributed by atoms with van der Waals surface area (Å²) in [6, 6.07) is 4.84. The van der Waals surface area contributed by atoms with Crippen molar-refractivity contribution in [3.8, 4) is 0 Å². The van der Waals surface area contributed by atoms with Crippen molar-refractivity contribution in [3.63, 3.8) is 0 Å². The zero-order valence-electron chi connectivity index (χ0n) is 10.6. The zero-order valence-corrected chi connectivity index (χ0v) is 10.6. The van der Waals surface area contributed by atoms with Gasteiger partial charge in [-0.05, 0) is 25.1 Å². The molecule has 1 heterocycles. The van der Waals surface area contributed by atoms with Gasteiger partial charge in [0, 0.05) is 18.2 Å². The van der Waals surface area contributed by atoms with Crippen molar-refractivity contribution >= 4 is 28.5 Å². The Morgan fingerprint density at radius 3 is 2.58 bits per heavy atom. The van der Waals surface area contributed by atoms with E-state index in [2.05, 4.69) is 16.9 Å². The van der Waals surface area contributed by atoms with Gasteiger partial charge in [0.05, 0.1) is 11.0 Å². The lowest BCUT2D eigenvalue weighted by atomic mass is 10.2. The quantitative estimate of drug-likeness (QED) is 0.802. The number of allylic oxidation sites excluding steroid dienone is 1. The fourth-order valence-electron chi connectivity index (χ4n) is 1.78. The van der Waals surface area contributed by atoms with E-state index in [1.54, 1.807) is 18.2 Å². The third kappa shape index (κ3) is 2.33. The van der Waals surface area contributed by atoms with Crippen LogP contribution in [0.4, 0.5) is 5.69 Å². The molecule has 98 valence electrons. The number of nitrogens with zero attached hydrogens (tertiary/aromatic N) is 1. The normalized spacial score (nSPS) is 10.4. The second kappa shape index (κ2) is 4.56. The number of hydrogen-bond acceptors (Lipinski definition) is 3. The van der Waals surface area contributed by atoms with Crippen molar-refractivity contribution in [1.82, 2.24) is 9.55 Å². The molecule has 0 aliphatic carbocycles. The molecule has 2 aromatic rings. The molecule has 0 aliphatic rings. The lowest BCUT2D eigenvalue weighted by Gasteiger charge is -2.04. The highest BCUT2D eigenvalue weighted by Crippen LogP contribution is 2.17. The number of carbonyl (C=O) groups excluding carboxylic acids is 2. The molecule has 0 bridgehead atoms. The highest BCUT2D eigenvalue weighted by Gasteiger charge is 2.14. The van der Waals surface area contributed by atoms with Gasteiger partial charge in [-0.2, -0.15) is 0 Å². The Bertz CT molecular complexity index is 752. The molecule has 19 heavy (non-hydrogen) atoms. The van der Waals surface area contributed by atoms with Crippen LogP contribution in [0, 0.1) is 0 Å². The maximum Gasteiger partial charge on any atom is 0.333 e. The maximum absolute atomic E-state index is 11.9. The summed E-state index contributed by atoms with van der Waals surface area (Å²) in [4.78, 5) is 37.3. The van der Waals surface area contributed by atoms with Gasteiger partial charge in [0.1, 0.15) is 0 Å². The van der Waals surface area contributed by atoms with Crippen LogP contribution in [0.5, 0.6) is 0 Å². The first-order valence-electron chi connectivity index (χ1n) is 5.62. The molecule has 0 unspecified atom stereocenters. The third-order valence-electron chi connectivity index (χ3n) is 2.57. The standard InChI is InChI=1S/C13H13N3O3/c1-7(2)12(18)16-11-6-9(14-8(3)17)4-5-10(11)15-13(16)19/h4-6H,1H2,2-3H3,(H,14,17)(H,15,19). The van der Waals surface area contributed by atoms with Crippen LogP contribution in [-0.4, -0.2) is 21.4 Å². The number of carbonyl (C=O) groups is 2. The van der Waals surface area contributed by atoms with Gasteiger partial charge in [0.2, 0.25) is 5.91 Å². The third-order valence-corrected chi connectivity index (χ3v) is 2.57. The van der Waals surface area contributed by atoms with Crippen molar-refractivity contribution in [3.05, 3.63) is 40.8 Å². The summed E-state index contributed by atoms with van der Waals surface area (Å²) in [7, 11) is 0. The van der Waals surface area contributed by atoms with Gasteiger partial charge >= 0.3 is 5.69 Å². The minimum absolute atomic E-state index is 0.227. The first-order valence-corrected chi connectivity index (χ1v) is 5.62. The molecule has 2 rings (SSSR count). The molecule has 0 spiro atoms. The summed E-state index contributed by atoms with van der Waals surface area (Å²) in [5, 5.41) is 2.60. The SMILES string of the molecule is C=C(C)C(=O)n1c(=O)[nH]c2ccc(NC(C)=O)cc21. The second-order valence-electron chi connectivity index (χ2n) is 4.26. The number of aromatic amines is 1. The Labute approximate surface area is 108 Å². The molecule has 2 N–H and O–H groups in total. The summed E-state index contributed by atoms with van der Waals surface area (Å²) < 4.78 is 1.00. The van der Waals surface area contributed by atoms with E-state index >= 15 is 0 Å². The van der Waals surface area contributed by atoms with E-state index in [0.29, 0.717) is 16.7 Å². The number of imidazole rings is 1. The van der Waals surface area contributed by atoms with Gasteiger partial charge < -0.3 is 10.3 Å². The number of nitrogens with one attached hydrogen (secondary N) is 2. The molecule has 0 fully saturated rings. The Balaban J connectivity index is 2.66. The molecule has 6 heteroatoms. The maximum atomic E-state index is 11.9. The minimum Gasteiger partial charge on any atom is -0.326 e. The number of benzene rings is 1. The molecule has 0 saturated carbocycles. The Hall–Kier alpha value is -2.63. The van der Waals surface area contributed by atoms with Crippen molar-refractivity contribution in [2.24, 2.45) is 0 Å². The summed E-state index contributed by atoms with van der Waals surface area (Å²) in [6.45, 7) is 6.45. The number of H-pyrrole nitrogens is 1. The lowest BCUT2D eigenvalue weighted by Crippen LogP contribution is -2.24. The zero-order chi connectivity index (χ0) is 14.2. The first-order chi connectivity index (χ1) is 8.90. The number of hydrogen-bond donors (Lipinski definition) is 2. The second-order valence-corrected chi connectivity index (χ2v) is 4.26. The van der Waals surface area contributed by atoms with Crippen LogP contribution >= 0.6 is 0 Å². The van der Waals surface area contributed by atoms with Crippen molar-refractivity contribution in [2.45, 2.75) is 13.8 Å². The van der Waals surface area contributed by atoms with E-state index in [1.165, 1.54) is 13.8 Å². The lowest BCUT2D eigenvalue weighted by molar-refractivity contribution is -0.114. The van der Waals surface area contributed by atoms with Gasteiger partial charge in [-0.15, -0.1) is 0 Å². The molecule has 1 aromatic heterocycles. The van der Waals surface area contributed by atoms with Crippen LogP contribution in [-0.2, 0) is 4.79 Å². The molecule has 6 nitrogen and oxygen atoms in total. The molecular weight excluding hydrogens is 246 g/mol. The molecule has 0 radical (unpaired) electrons. The molecule has 1 aromatic carbocycles. The summed E-state index contributed by atoms with van der Waals surface area (Å²) in [6.07, 6.45) is 0. The Morgan fingerprint density at radius 2 is 2.00 bits per heavy atom. The smallest absolute Gasteiger partial charge is 0.326 e. The van der Waals surface area contributed by atoms with Gasteiger partial charge in [0.15, 0.2) is 0 Å². The van der Waals surface area contributed by atoms with Crippen LogP contribution in [0.15, 0.2) is 35.1 Å². The van der Waals surface area contributed by atoms with Gasteiger partial charge in [-0.3, -0.25) is 9.59 Å².